The molecule has 0 unspecified atom stereocenters. The van der Waals surface area contributed by atoms with Crippen LogP contribution in [0.15, 0.2) is 59.0 Å². The second kappa shape index (κ2) is 8.52. The zero-order chi connectivity index (χ0) is 18.2. The fraction of sp³-hybridized carbons (Fsp3) is 0.167. The molecular weight excluding hydrogens is 338 g/mol. The van der Waals surface area contributed by atoms with E-state index in [0.29, 0.717) is 17.2 Å². The lowest BCUT2D eigenvalue weighted by molar-refractivity contribution is -0.118. The maximum Gasteiger partial charge on any atom is 0.322 e. The number of aromatic nitrogens is 2. The average molecular weight is 355 g/mol. The van der Waals surface area contributed by atoms with Crippen LogP contribution in [0.25, 0.3) is 0 Å². The molecule has 3 rings (SSSR count). The molecule has 0 fully saturated rings. The summed E-state index contributed by atoms with van der Waals surface area (Å²) in [5.41, 5.74) is 0. The van der Waals surface area contributed by atoms with Crippen LogP contribution in [0.4, 0.5) is 6.01 Å². The Labute approximate surface area is 149 Å². The first kappa shape index (κ1) is 17.3. The van der Waals surface area contributed by atoms with Gasteiger partial charge in [-0.05, 0) is 36.4 Å². The molecule has 0 bridgehead atoms. The van der Waals surface area contributed by atoms with Gasteiger partial charge in [-0.15, -0.1) is 5.10 Å². The van der Waals surface area contributed by atoms with Crippen molar-refractivity contribution in [3.05, 3.63) is 60.5 Å². The molecule has 8 nitrogen and oxygen atoms in total. The molecule has 26 heavy (non-hydrogen) atoms. The lowest BCUT2D eigenvalue weighted by Crippen LogP contribution is -2.20. The van der Waals surface area contributed by atoms with Gasteiger partial charge in [0.05, 0.1) is 7.11 Å². The van der Waals surface area contributed by atoms with E-state index in [1.54, 1.807) is 31.4 Å². The van der Waals surface area contributed by atoms with E-state index in [4.69, 9.17) is 18.6 Å². The fourth-order valence-electron chi connectivity index (χ4n) is 2.00. The fourth-order valence-corrected chi connectivity index (χ4v) is 2.00. The number of hydrogen-bond donors (Lipinski definition) is 1. The summed E-state index contributed by atoms with van der Waals surface area (Å²) in [6.07, 6.45) is 0. The van der Waals surface area contributed by atoms with Crippen molar-refractivity contribution in [2.45, 2.75) is 6.61 Å². The highest BCUT2D eigenvalue weighted by molar-refractivity contribution is 5.89. The van der Waals surface area contributed by atoms with E-state index in [1.165, 1.54) is 0 Å². The first-order chi connectivity index (χ1) is 12.7. The highest BCUT2D eigenvalue weighted by Crippen LogP contribution is 2.17. The number of nitrogens with one attached hydrogen (secondary N) is 1. The second-order valence-corrected chi connectivity index (χ2v) is 5.12. The molecule has 3 aromatic rings. The molecule has 0 saturated carbocycles. The SMILES string of the molecule is COc1ccc(OCC(=O)Nc2nnc(COc3ccccc3)o2)cc1. The monoisotopic (exact) mass is 355 g/mol. The Balaban J connectivity index is 1.44. The summed E-state index contributed by atoms with van der Waals surface area (Å²) in [5, 5.41) is 10.0. The number of rotatable bonds is 8. The molecule has 0 aliphatic carbocycles. The average Bonchev–Trinajstić information content (AvgIpc) is 3.13. The Hall–Kier alpha value is -3.55. The number of benzene rings is 2. The minimum absolute atomic E-state index is 0.0139. The third-order valence-corrected chi connectivity index (χ3v) is 3.25. The van der Waals surface area contributed by atoms with Crippen LogP contribution in [0.5, 0.6) is 17.2 Å². The topological polar surface area (TPSA) is 95.7 Å². The van der Waals surface area contributed by atoms with Gasteiger partial charge < -0.3 is 18.6 Å². The van der Waals surface area contributed by atoms with Gasteiger partial charge in [0.15, 0.2) is 13.2 Å². The summed E-state index contributed by atoms with van der Waals surface area (Å²) in [6, 6.07) is 16.1. The second-order valence-electron chi connectivity index (χ2n) is 5.12. The molecule has 0 aliphatic heterocycles. The Morgan fingerprint density at radius 1 is 0.962 bits per heavy atom. The van der Waals surface area contributed by atoms with E-state index >= 15 is 0 Å². The van der Waals surface area contributed by atoms with Crippen molar-refractivity contribution >= 4 is 11.9 Å². The highest BCUT2D eigenvalue weighted by atomic mass is 16.5. The van der Waals surface area contributed by atoms with Crippen molar-refractivity contribution in [2.24, 2.45) is 0 Å². The third-order valence-electron chi connectivity index (χ3n) is 3.25. The van der Waals surface area contributed by atoms with Crippen LogP contribution >= 0.6 is 0 Å². The Bertz CT molecular complexity index is 834. The van der Waals surface area contributed by atoms with Crippen LogP contribution in [-0.2, 0) is 11.4 Å². The zero-order valence-electron chi connectivity index (χ0n) is 14.0. The van der Waals surface area contributed by atoms with E-state index in [0.717, 1.165) is 0 Å². The van der Waals surface area contributed by atoms with E-state index < -0.39 is 5.91 Å². The Morgan fingerprint density at radius 2 is 1.65 bits per heavy atom. The zero-order valence-corrected chi connectivity index (χ0v) is 14.0. The van der Waals surface area contributed by atoms with Gasteiger partial charge in [0.2, 0.25) is 0 Å². The van der Waals surface area contributed by atoms with Crippen LogP contribution in [0.1, 0.15) is 5.89 Å². The van der Waals surface area contributed by atoms with E-state index in [-0.39, 0.29) is 25.1 Å². The summed E-state index contributed by atoms with van der Waals surface area (Å²) in [4.78, 5) is 11.9. The predicted molar refractivity (Wildman–Crippen MR) is 92.2 cm³/mol. The van der Waals surface area contributed by atoms with Crippen LogP contribution in [0.2, 0.25) is 0 Å². The number of para-hydroxylation sites is 1. The third kappa shape index (κ3) is 4.97. The van der Waals surface area contributed by atoms with Gasteiger partial charge in [0.1, 0.15) is 17.2 Å². The lowest BCUT2D eigenvalue weighted by Gasteiger charge is -2.06. The first-order valence-corrected chi connectivity index (χ1v) is 7.80. The smallest absolute Gasteiger partial charge is 0.322 e. The summed E-state index contributed by atoms with van der Waals surface area (Å²) in [7, 11) is 1.58. The maximum absolute atomic E-state index is 11.9. The summed E-state index contributed by atoms with van der Waals surface area (Å²) in [6.45, 7) is -0.0835. The van der Waals surface area contributed by atoms with Gasteiger partial charge in [-0.3, -0.25) is 10.1 Å². The number of methoxy groups -OCH3 is 1. The van der Waals surface area contributed by atoms with Gasteiger partial charge in [-0.25, -0.2) is 0 Å². The van der Waals surface area contributed by atoms with Crippen LogP contribution in [0.3, 0.4) is 0 Å². The lowest BCUT2D eigenvalue weighted by atomic mass is 10.3. The van der Waals surface area contributed by atoms with Gasteiger partial charge in [0, 0.05) is 0 Å². The van der Waals surface area contributed by atoms with Gasteiger partial charge in [-0.2, -0.15) is 0 Å². The Kier molecular flexibility index (Phi) is 5.66. The number of carbonyl (C=O) groups is 1. The molecule has 0 spiro atoms. The van der Waals surface area contributed by atoms with E-state index in [9.17, 15) is 4.79 Å². The number of hydrogen-bond acceptors (Lipinski definition) is 7. The van der Waals surface area contributed by atoms with Gasteiger partial charge >= 0.3 is 6.01 Å². The highest BCUT2D eigenvalue weighted by Gasteiger charge is 2.11. The van der Waals surface area contributed by atoms with Crippen molar-refractivity contribution in [1.82, 2.24) is 10.2 Å². The number of nitrogens with zero attached hydrogens (tertiary/aromatic N) is 2. The van der Waals surface area contributed by atoms with Crippen LogP contribution < -0.4 is 19.5 Å². The van der Waals surface area contributed by atoms with Crippen molar-refractivity contribution in [3.63, 3.8) is 0 Å². The molecule has 0 saturated heterocycles. The van der Waals surface area contributed by atoms with Crippen LogP contribution in [0, 0.1) is 0 Å². The molecule has 2 aromatic carbocycles. The number of anilines is 1. The molecule has 1 amide bonds. The number of carbonyl (C=O) groups excluding carboxylic acids is 1. The molecule has 0 atom stereocenters. The molecule has 0 aliphatic rings. The first-order valence-electron chi connectivity index (χ1n) is 7.80. The van der Waals surface area contributed by atoms with Crippen molar-refractivity contribution in [1.29, 1.82) is 0 Å². The van der Waals surface area contributed by atoms with Crippen molar-refractivity contribution in [2.75, 3.05) is 19.0 Å². The van der Waals surface area contributed by atoms with Crippen molar-refractivity contribution < 1.29 is 23.4 Å². The molecule has 8 heteroatoms. The quantitative estimate of drug-likeness (QED) is 0.663. The van der Waals surface area contributed by atoms with E-state index in [1.807, 2.05) is 30.3 Å². The number of amides is 1. The maximum atomic E-state index is 11.9. The van der Waals surface area contributed by atoms with E-state index in [2.05, 4.69) is 15.5 Å². The molecule has 1 N–H and O–H groups in total. The summed E-state index contributed by atoms with van der Waals surface area (Å²) in [5.74, 6) is 1.77. The van der Waals surface area contributed by atoms with Crippen molar-refractivity contribution in [3.8, 4) is 17.2 Å². The minimum Gasteiger partial charge on any atom is -0.497 e. The molecule has 1 aromatic heterocycles. The predicted octanol–water partition coefficient (Wildman–Crippen LogP) is 2.67. The molecule has 134 valence electrons. The molecular formula is C18H17N3O5. The van der Waals surface area contributed by atoms with Gasteiger partial charge in [-0.1, -0.05) is 23.3 Å². The summed E-state index contributed by atoms with van der Waals surface area (Å²) >= 11 is 0. The normalized spacial score (nSPS) is 10.2. The van der Waals surface area contributed by atoms with Crippen LogP contribution in [-0.4, -0.2) is 29.8 Å². The minimum atomic E-state index is -0.417. The summed E-state index contributed by atoms with van der Waals surface area (Å²) < 4.78 is 21.2. The largest absolute Gasteiger partial charge is 0.497 e. The molecule has 0 radical (unpaired) electrons. The standard InChI is InChI=1S/C18H17N3O5/c1-23-13-7-9-15(10-8-13)24-11-16(22)19-18-21-20-17(26-18)12-25-14-5-3-2-4-6-14/h2-10H,11-12H2,1H3,(H,19,21,22). The Morgan fingerprint density at radius 3 is 2.38 bits per heavy atom. The number of ether oxygens (including phenoxy) is 3. The molecule has 1 heterocycles. The van der Waals surface area contributed by atoms with Gasteiger partial charge in [0.25, 0.3) is 11.8 Å².